The minimum absolute atomic E-state index is 0.406. The van der Waals surface area contributed by atoms with Gasteiger partial charge in [-0.1, -0.05) is 36.5 Å². The van der Waals surface area contributed by atoms with Crippen molar-refractivity contribution in [2.75, 3.05) is 13.1 Å². The highest BCUT2D eigenvalue weighted by molar-refractivity contribution is 6.33. The van der Waals surface area contributed by atoms with Crippen LogP contribution in [0.5, 0.6) is 0 Å². The lowest BCUT2D eigenvalue weighted by Gasteiger charge is -2.42. The molecule has 0 spiro atoms. The minimum Gasteiger partial charge on any atom is -0.316 e. The van der Waals surface area contributed by atoms with Crippen molar-refractivity contribution in [2.45, 2.75) is 39.0 Å². The van der Waals surface area contributed by atoms with Crippen LogP contribution < -0.4 is 5.32 Å². The van der Waals surface area contributed by atoms with E-state index in [-0.39, 0.29) is 0 Å². The normalized spacial score (nSPS) is 17.5. The Hall–Kier alpha value is -0.240. The lowest BCUT2D eigenvalue weighted by Crippen LogP contribution is -2.42. The van der Waals surface area contributed by atoms with E-state index in [4.69, 9.17) is 23.2 Å². The molecule has 0 bridgehead atoms. The highest BCUT2D eigenvalue weighted by Crippen LogP contribution is 2.44. The van der Waals surface area contributed by atoms with Crippen molar-refractivity contribution < 1.29 is 0 Å². The number of benzene rings is 1. The van der Waals surface area contributed by atoms with Gasteiger partial charge in [-0.05, 0) is 61.4 Å². The Labute approximate surface area is 120 Å². The second-order valence-electron chi connectivity index (χ2n) is 5.44. The summed E-state index contributed by atoms with van der Waals surface area (Å²) in [5.74, 6) is 0. The molecule has 0 aliphatic heterocycles. The van der Waals surface area contributed by atoms with Crippen LogP contribution in [0.25, 0.3) is 0 Å². The zero-order valence-corrected chi connectivity index (χ0v) is 12.4. The first-order valence-electron chi connectivity index (χ1n) is 6.80. The maximum atomic E-state index is 6.27. The van der Waals surface area contributed by atoms with Gasteiger partial charge in [-0.3, -0.25) is 0 Å². The van der Waals surface area contributed by atoms with Gasteiger partial charge in [-0.2, -0.15) is 0 Å². The van der Waals surface area contributed by atoms with Crippen LogP contribution in [0.15, 0.2) is 18.2 Å². The van der Waals surface area contributed by atoms with Crippen molar-refractivity contribution in [2.24, 2.45) is 5.41 Å². The molecule has 1 aromatic rings. The molecule has 0 radical (unpaired) electrons. The second-order valence-corrected chi connectivity index (χ2v) is 6.29. The van der Waals surface area contributed by atoms with Crippen molar-refractivity contribution in [1.29, 1.82) is 0 Å². The third-order valence-electron chi connectivity index (χ3n) is 3.91. The molecule has 1 aliphatic carbocycles. The van der Waals surface area contributed by atoms with Crippen LogP contribution in [0.1, 0.15) is 38.2 Å². The van der Waals surface area contributed by atoms with Gasteiger partial charge < -0.3 is 5.32 Å². The first-order valence-corrected chi connectivity index (χ1v) is 7.55. The van der Waals surface area contributed by atoms with Crippen LogP contribution in [0.3, 0.4) is 0 Å². The molecule has 0 amide bonds. The van der Waals surface area contributed by atoms with Gasteiger partial charge in [0.15, 0.2) is 0 Å². The lowest BCUT2D eigenvalue weighted by atomic mass is 9.65. The summed E-state index contributed by atoms with van der Waals surface area (Å²) in [6.45, 7) is 4.41. The smallest absolute Gasteiger partial charge is 0.0439 e. The van der Waals surface area contributed by atoms with Crippen LogP contribution in [0, 0.1) is 5.41 Å². The van der Waals surface area contributed by atoms with Crippen molar-refractivity contribution in [3.63, 3.8) is 0 Å². The first-order chi connectivity index (χ1) is 8.65. The molecular weight excluding hydrogens is 265 g/mol. The number of rotatable bonds is 6. The number of halogens is 2. The second kappa shape index (κ2) is 6.27. The predicted octanol–water partition coefficient (Wildman–Crippen LogP) is 4.71. The van der Waals surface area contributed by atoms with E-state index in [1.807, 2.05) is 18.2 Å². The van der Waals surface area contributed by atoms with Crippen LogP contribution in [0.4, 0.5) is 0 Å². The maximum Gasteiger partial charge on any atom is 0.0439 e. The number of nitrogens with one attached hydrogen (secondary N) is 1. The summed E-state index contributed by atoms with van der Waals surface area (Å²) in [4.78, 5) is 0. The first kappa shape index (κ1) is 14.2. The van der Waals surface area contributed by atoms with E-state index in [2.05, 4.69) is 12.2 Å². The Morgan fingerprint density at radius 2 is 2.06 bits per heavy atom. The van der Waals surface area contributed by atoms with Gasteiger partial charge in [0, 0.05) is 16.6 Å². The van der Waals surface area contributed by atoms with E-state index in [1.165, 1.54) is 31.2 Å². The number of hydrogen-bond donors (Lipinski definition) is 1. The minimum atomic E-state index is 0.406. The highest BCUT2D eigenvalue weighted by Gasteiger charge is 2.36. The van der Waals surface area contributed by atoms with E-state index >= 15 is 0 Å². The van der Waals surface area contributed by atoms with Crippen LogP contribution in [-0.4, -0.2) is 13.1 Å². The van der Waals surface area contributed by atoms with E-state index in [9.17, 15) is 0 Å². The molecule has 3 heteroatoms. The van der Waals surface area contributed by atoms with Gasteiger partial charge in [-0.25, -0.2) is 0 Å². The van der Waals surface area contributed by atoms with Crippen LogP contribution >= 0.6 is 23.2 Å². The molecule has 100 valence electrons. The molecule has 1 aromatic carbocycles. The third kappa shape index (κ3) is 3.40. The molecule has 0 unspecified atom stereocenters. The van der Waals surface area contributed by atoms with Gasteiger partial charge in [-0.15, -0.1) is 0 Å². The van der Waals surface area contributed by atoms with Gasteiger partial charge in [0.1, 0.15) is 0 Å². The summed E-state index contributed by atoms with van der Waals surface area (Å²) < 4.78 is 0. The van der Waals surface area contributed by atoms with Gasteiger partial charge in [0.05, 0.1) is 0 Å². The molecular formula is C15H21Cl2N. The molecule has 0 heterocycles. The summed E-state index contributed by atoms with van der Waals surface area (Å²) in [6.07, 6.45) is 6.17. The molecule has 18 heavy (non-hydrogen) atoms. The Morgan fingerprint density at radius 1 is 1.28 bits per heavy atom. The fraction of sp³-hybridized carbons (Fsp3) is 0.600. The Bertz CT molecular complexity index is 399. The average Bonchev–Trinajstić information content (AvgIpc) is 2.30. The maximum absolute atomic E-state index is 6.27. The van der Waals surface area contributed by atoms with E-state index in [1.54, 1.807) is 0 Å². The highest BCUT2D eigenvalue weighted by atomic mass is 35.5. The van der Waals surface area contributed by atoms with Gasteiger partial charge >= 0.3 is 0 Å². The molecule has 1 saturated carbocycles. The Morgan fingerprint density at radius 3 is 2.67 bits per heavy atom. The molecule has 0 atom stereocenters. The standard InChI is InChI=1S/C15H21Cl2N/c1-2-8-18-11-15(6-3-7-15)10-12-9-13(16)4-5-14(12)17/h4-5,9,18H,2-3,6-8,10-11H2,1H3. The largest absolute Gasteiger partial charge is 0.316 e. The average molecular weight is 286 g/mol. The van der Waals surface area contributed by atoms with E-state index in [0.717, 1.165) is 29.6 Å². The summed E-state index contributed by atoms with van der Waals surface area (Å²) in [7, 11) is 0. The van der Waals surface area contributed by atoms with Gasteiger partial charge in [0.2, 0.25) is 0 Å². The number of hydrogen-bond acceptors (Lipinski definition) is 1. The monoisotopic (exact) mass is 285 g/mol. The molecule has 0 aromatic heterocycles. The lowest BCUT2D eigenvalue weighted by molar-refractivity contribution is 0.130. The zero-order chi connectivity index (χ0) is 13.0. The molecule has 0 saturated heterocycles. The van der Waals surface area contributed by atoms with Crippen molar-refractivity contribution in [1.82, 2.24) is 5.32 Å². The molecule has 1 aliphatic rings. The Balaban J connectivity index is 2.03. The van der Waals surface area contributed by atoms with Crippen LogP contribution in [0.2, 0.25) is 10.0 Å². The fourth-order valence-corrected chi connectivity index (χ4v) is 3.09. The van der Waals surface area contributed by atoms with E-state index in [0.29, 0.717) is 5.41 Å². The van der Waals surface area contributed by atoms with Gasteiger partial charge in [0.25, 0.3) is 0 Å². The Kier molecular flexibility index (Phi) is 4.94. The molecule has 1 fully saturated rings. The SMILES string of the molecule is CCCNCC1(Cc2cc(Cl)ccc2Cl)CCC1. The quantitative estimate of drug-likeness (QED) is 0.747. The summed E-state index contributed by atoms with van der Waals surface area (Å²) in [5, 5.41) is 5.19. The van der Waals surface area contributed by atoms with Crippen LogP contribution in [-0.2, 0) is 6.42 Å². The van der Waals surface area contributed by atoms with E-state index < -0.39 is 0 Å². The molecule has 2 rings (SSSR count). The predicted molar refractivity (Wildman–Crippen MR) is 79.6 cm³/mol. The van der Waals surface area contributed by atoms with Crippen molar-refractivity contribution in [3.05, 3.63) is 33.8 Å². The third-order valence-corrected chi connectivity index (χ3v) is 4.52. The van der Waals surface area contributed by atoms with Crippen molar-refractivity contribution >= 4 is 23.2 Å². The topological polar surface area (TPSA) is 12.0 Å². The summed E-state index contributed by atoms with van der Waals surface area (Å²) in [5.41, 5.74) is 1.60. The summed E-state index contributed by atoms with van der Waals surface area (Å²) in [6, 6.07) is 5.78. The summed E-state index contributed by atoms with van der Waals surface area (Å²) >= 11 is 12.3. The molecule has 1 N–H and O–H groups in total. The van der Waals surface area contributed by atoms with Crippen molar-refractivity contribution in [3.8, 4) is 0 Å². The molecule has 1 nitrogen and oxygen atoms in total. The zero-order valence-electron chi connectivity index (χ0n) is 10.9. The fourth-order valence-electron chi connectivity index (χ4n) is 2.71.